The SMILES string of the molecule is CCc1ccc(Oc2ccc(N)cc2N)cc1. The molecule has 3 nitrogen and oxygen atoms in total. The molecule has 0 aromatic heterocycles. The van der Waals surface area contributed by atoms with Crippen molar-refractivity contribution in [3.8, 4) is 11.5 Å². The van der Waals surface area contributed by atoms with Gasteiger partial charge in [-0.05, 0) is 42.3 Å². The number of rotatable bonds is 3. The first-order valence-electron chi connectivity index (χ1n) is 5.61. The number of anilines is 2. The molecule has 2 rings (SSSR count). The molecule has 0 fully saturated rings. The van der Waals surface area contributed by atoms with Crippen molar-refractivity contribution in [3.05, 3.63) is 48.0 Å². The van der Waals surface area contributed by atoms with Crippen molar-refractivity contribution in [2.24, 2.45) is 0 Å². The number of benzene rings is 2. The van der Waals surface area contributed by atoms with Crippen LogP contribution in [0.5, 0.6) is 11.5 Å². The summed E-state index contributed by atoms with van der Waals surface area (Å²) in [7, 11) is 0. The zero-order valence-corrected chi connectivity index (χ0v) is 9.81. The van der Waals surface area contributed by atoms with E-state index in [0.717, 1.165) is 12.2 Å². The van der Waals surface area contributed by atoms with E-state index in [0.29, 0.717) is 17.1 Å². The fourth-order valence-corrected chi connectivity index (χ4v) is 1.58. The molecular formula is C14H16N2O. The first-order valence-corrected chi connectivity index (χ1v) is 5.61. The van der Waals surface area contributed by atoms with E-state index in [-0.39, 0.29) is 0 Å². The van der Waals surface area contributed by atoms with Gasteiger partial charge in [0.25, 0.3) is 0 Å². The highest BCUT2D eigenvalue weighted by atomic mass is 16.5. The topological polar surface area (TPSA) is 61.3 Å². The van der Waals surface area contributed by atoms with Crippen molar-refractivity contribution in [1.29, 1.82) is 0 Å². The summed E-state index contributed by atoms with van der Waals surface area (Å²) in [6.07, 6.45) is 1.02. The van der Waals surface area contributed by atoms with Gasteiger partial charge < -0.3 is 16.2 Å². The molecule has 0 radical (unpaired) electrons. The van der Waals surface area contributed by atoms with Crippen molar-refractivity contribution in [2.75, 3.05) is 11.5 Å². The van der Waals surface area contributed by atoms with Crippen molar-refractivity contribution in [1.82, 2.24) is 0 Å². The van der Waals surface area contributed by atoms with Crippen molar-refractivity contribution >= 4 is 11.4 Å². The maximum absolute atomic E-state index is 5.82. The third kappa shape index (κ3) is 2.69. The molecule has 0 saturated heterocycles. The molecule has 0 aliphatic rings. The molecular weight excluding hydrogens is 212 g/mol. The summed E-state index contributed by atoms with van der Waals surface area (Å²) in [4.78, 5) is 0. The van der Waals surface area contributed by atoms with Crippen LogP contribution in [0.3, 0.4) is 0 Å². The lowest BCUT2D eigenvalue weighted by molar-refractivity contribution is 0.485. The van der Waals surface area contributed by atoms with E-state index in [2.05, 4.69) is 6.92 Å². The Hall–Kier alpha value is -2.16. The van der Waals surface area contributed by atoms with E-state index in [1.807, 2.05) is 24.3 Å². The van der Waals surface area contributed by atoms with Gasteiger partial charge in [-0.25, -0.2) is 0 Å². The maximum Gasteiger partial charge on any atom is 0.150 e. The minimum absolute atomic E-state index is 0.546. The Labute approximate surface area is 101 Å². The number of hydrogen-bond acceptors (Lipinski definition) is 3. The standard InChI is InChI=1S/C14H16N2O/c1-2-10-3-6-12(7-4-10)17-14-8-5-11(15)9-13(14)16/h3-9H,2,15-16H2,1H3. The van der Waals surface area contributed by atoms with Crippen molar-refractivity contribution in [2.45, 2.75) is 13.3 Å². The van der Waals surface area contributed by atoms with E-state index in [9.17, 15) is 0 Å². The van der Waals surface area contributed by atoms with Gasteiger partial charge in [-0.2, -0.15) is 0 Å². The van der Waals surface area contributed by atoms with Gasteiger partial charge in [0.2, 0.25) is 0 Å². The Morgan fingerprint density at radius 1 is 1.00 bits per heavy atom. The number of nitrogens with two attached hydrogens (primary N) is 2. The Balaban J connectivity index is 2.19. The lowest BCUT2D eigenvalue weighted by Gasteiger charge is -2.09. The van der Waals surface area contributed by atoms with Crippen LogP contribution in [0.1, 0.15) is 12.5 Å². The molecule has 0 aliphatic carbocycles. The summed E-state index contributed by atoms with van der Waals surface area (Å²) in [5.41, 5.74) is 13.9. The van der Waals surface area contributed by atoms with Crippen molar-refractivity contribution < 1.29 is 4.74 Å². The van der Waals surface area contributed by atoms with Crippen LogP contribution in [-0.2, 0) is 6.42 Å². The van der Waals surface area contributed by atoms with Crippen LogP contribution in [0.4, 0.5) is 11.4 Å². The average Bonchev–Trinajstić information content (AvgIpc) is 2.34. The highest BCUT2D eigenvalue weighted by Crippen LogP contribution is 2.28. The fraction of sp³-hybridized carbons (Fsp3) is 0.143. The average molecular weight is 228 g/mol. The summed E-state index contributed by atoms with van der Waals surface area (Å²) in [5.74, 6) is 1.40. The molecule has 0 unspecified atom stereocenters. The second-order valence-corrected chi connectivity index (χ2v) is 3.90. The van der Waals surface area contributed by atoms with Crippen LogP contribution < -0.4 is 16.2 Å². The first-order chi connectivity index (χ1) is 8.19. The number of nitrogen functional groups attached to an aromatic ring is 2. The van der Waals surface area contributed by atoms with Gasteiger partial charge >= 0.3 is 0 Å². The minimum atomic E-state index is 0.546. The Morgan fingerprint density at radius 3 is 2.29 bits per heavy atom. The normalized spacial score (nSPS) is 10.2. The number of hydrogen-bond donors (Lipinski definition) is 2. The lowest BCUT2D eigenvalue weighted by Crippen LogP contribution is -1.94. The molecule has 0 aliphatic heterocycles. The van der Waals surface area contributed by atoms with Crippen LogP contribution in [-0.4, -0.2) is 0 Å². The fourth-order valence-electron chi connectivity index (χ4n) is 1.58. The first kappa shape index (κ1) is 11.3. The summed E-state index contributed by atoms with van der Waals surface area (Å²) in [6.45, 7) is 2.12. The molecule has 0 heterocycles. The lowest BCUT2D eigenvalue weighted by atomic mass is 10.2. The summed E-state index contributed by atoms with van der Waals surface area (Å²) in [5, 5.41) is 0. The molecule has 0 amide bonds. The second kappa shape index (κ2) is 4.78. The van der Waals surface area contributed by atoms with E-state index >= 15 is 0 Å². The van der Waals surface area contributed by atoms with Gasteiger partial charge in [0.1, 0.15) is 11.5 Å². The molecule has 17 heavy (non-hydrogen) atoms. The molecule has 2 aromatic carbocycles. The van der Waals surface area contributed by atoms with E-state index in [4.69, 9.17) is 16.2 Å². The van der Waals surface area contributed by atoms with Gasteiger partial charge in [0, 0.05) is 5.69 Å². The number of ether oxygens (including phenoxy) is 1. The van der Waals surface area contributed by atoms with Crippen LogP contribution in [0.15, 0.2) is 42.5 Å². The van der Waals surface area contributed by atoms with Gasteiger partial charge in [-0.1, -0.05) is 19.1 Å². The van der Waals surface area contributed by atoms with E-state index in [1.165, 1.54) is 5.56 Å². The Bertz CT molecular complexity index is 506. The molecule has 4 N–H and O–H groups in total. The second-order valence-electron chi connectivity index (χ2n) is 3.90. The van der Waals surface area contributed by atoms with Gasteiger partial charge in [0.05, 0.1) is 5.69 Å². The monoisotopic (exact) mass is 228 g/mol. The van der Waals surface area contributed by atoms with Gasteiger partial charge in [-0.15, -0.1) is 0 Å². The molecule has 0 saturated carbocycles. The number of aryl methyl sites for hydroxylation is 1. The molecule has 2 aromatic rings. The zero-order valence-electron chi connectivity index (χ0n) is 9.81. The van der Waals surface area contributed by atoms with Crippen LogP contribution in [0, 0.1) is 0 Å². The molecule has 0 atom stereocenters. The zero-order chi connectivity index (χ0) is 12.3. The minimum Gasteiger partial charge on any atom is -0.455 e. The van der Waals surface area contributed by atoms with Crippen LogP contribution in [0.25, 0.3) is 0 Å². The van der Waals surface area contributed by atoms with Gasteiger partial charge in [-0.3, -0.25) is 0 Å². The molecule has 88 valence electrons. The third-order valence-corrected chi connectivity index (χ3v) is 2.59. The molecule has 3 heteroatoms. The van der Waals surface area contributed by atoms with Gasteiger partial charge in [0.15, 0.2) is 0 Å². The smallest absolute Gasteiger partial charge is 0.150 e. The predicted molar refractivity (Wildman–Crippen MR) is 71.2 cm³/mol. The molecule has 0 spiro atoms. The highest BCUT2D eigenvalue weighted by Gasteiger charge is 2.02. The largest absolute Gasteiger partial charge is 0.455 e. The van der Waals surface area contributed by atoms with E-state index < -0.39 is 0 Å². The summed E-state index contributed by atoms with van der Waals surface area (Å²) in [6, 6.07) is 13.2. The van der Waals surface area contributed by atoms with Crippen LogP contribution in [0.2, 0.25) is 0 Å². The third-order valence-electron chi connectivity index (χ3n) is 2.59. The van der Waals surface area contributed by atoms with E-state index in [1.54, 1.807) is 18.2 Å². The maximum atomic E-state index is 5.82. The van der Waals surface area contributed by atoms with Crippen LogP contribution >= 0.6 is 0 Å². The van der Waals surface area contributed by atoms with Crippen molar-refractivity contribution in [3.63, 3.8) is 0 Å². The highest BCUT2D eigenvalue weighted by molar-refractivity contribution is 5.61. The predicted octanol–water partition coefficient (Wildman–Crippen LogP) is 3.21. The Morgan fingerprint density at radius 2 is 1.71 bits per heavy atom. The summed E-state index contributed by atoms with van der Waals surface area (Å²) < 4.78 is 5.68. The Kier molecular flexibility index (Phi) is 3.19. The quantitative estimate of drug-likeness (QED) is 0.793. The summed E-state index contributed by atoms with van der Waals surface area (Å²) >= 11 is 0. The molecule has 0 bridgehead atoms.